The number of likely N-dealkylation sites (tertiary alicyclic amines) is 1. The summed E-state index contributed by atoms with van der Waals surface area (Å²) >= 11 is 0. The van der Waals surface area contributed by atoms with E-state index in [1.807, 2.05) is 0 Å². The minimum Gasteiger partial charge on any atom is -0.507 e. The quantitative estimate of drug-likeness (QED) is 0.608. The second-order valence-corrected chi connectivity index (χ2v) is 5.34. The molecule has 1 aromatic rings. The van der Waals surface area contributed by atoms with Gasteiger partial charge in [-0.3, -0.25) is 0 Å². The molecule has 3 rings (SSSR count). The van der Waals surface area contributed by atoms with Crippen molar-refractivity contribution in [2.24, 2.45) is 0 Å². The maximum atomic E-state index is 11.8. The topological polar surface area (TPSA) is 89.7 Å². The Morgan fingerprint density at radius 1 is 1.43 bits per heavy atom. The number of aliphatic hydroxyl groups is 1. The van der Waals surface area contributed by atoms with E-state index in [1.54, 1.807) is 6.07 Å². The molecule has 7 nitrogen and oxygen atoms in total. The summed E-state index contributed by atoms with van der Waals surface area (Å²) in [4.78, 5) is 12.6. The van der Waals surface area contributed by atoms with Gasteiger partial charge in [0.05, 0.1) is 12.7 Å². The number of rotatable bonds is 3. The molecular weight excluding hydrogens is 278 g/mol. The monoisotopic (exact) mass is 296 g/mol. The number of phenolic OH excluding ortho intramolecular Hbond substituents is 1. The number of benzene rings is 1. The average molecular weight is 296 g/mol. The summed E-state index contributed by atoms with van der Waals surface area (Å²) in [5, 5.41) is 19.8. The number of fused-ring (bicyclic) bond motifs is 1. The molecule has 2 aliphatic heterocycles. The molecule has 0 spiro atoms. The summed E-state index contributed by atoms with van der Waals surface area (Å²) < 4.78 is 15.3. The van der Waals surface area contributed by atoms with E-state index >= 15 is 0 Å². The van der Waals surface area contributed by atoms with Crippen LogP contribution in [0.4, 0.5) is 0 Å². The summed E-state index contributed by atoms with van der Waals surface area (Å²) in [5.41, 5.74) is 0.650. The van der Waals surface area contributed by atoms with Gasteiger partial charge < -0.3 is 29.3 Å². The van der Waals surface area contributed by atoms with Gasteiger partial charge in [0.25, 0.3) is 0 Å². The zero-order chi connectivity index (χ0) is 15.0. The van der Waals surface area contributed by atoms with Crippen molar-refractivity contribution in [2.45, 2.75) is 25.1 Å². The summed E-state index contributed by atoms with van der Waals surface area (Å²) in [6.07, 6.45) is -0.173. The van der Waals surface area contributed by atoms with Crippen molar-refractivity contribution < 1.29 is 34.1 Å². The number of methoxy groups -OCH3 is 1. The van der Waals surface area contributed by atoms with Crippen molar-refractivity contribution in [3.05, 3.63) is 17.7 Å². The number of hydrogen-bond donors (Lipinski definition) is 3. The molecule has 2 heterocycles. The molecule has 0 bridgehead atoms. The highest BCUT2D eigenvalue weighted by Gasteiger charge is 2.41. The zero-order valence-electron chi connectivity index (χ0n) is 11.7. The first-order valence-electron chi connectivity index (χ1n) is 6.80. The summed E-state index contributed by atoms with van der Waals surface area (Å²) in [6, 6.07) is 2.80. The lowest BCUT2D eigenvalue weighted by atomic mass is 10.1. The van der Waals surface area contributed by atoms with Crippen molar-refractivity contribution in [1.29, 1.82) is 0 Å². The molecule has 7 heteroatoms. The predicted molar refractivity (Wildman–Crippen MR) is 70.2 cm³/mol. The Hall–Kier alpha value is -1.99. The van der Waals surface area contributed by atoms with E-state index in [0.717, 1.165) is 4.90 Å². The predicted octanol–water partition coefficient (Wildman–Crippen LogP) is -1.19. The van der Waals surface area contributed by atoms with Crippen LogP contribution in [-0.2, 0) is 16.1 Å². The first kappa shape index (κ1) is 14.0. The molecule has 0 saturated carbocycles. The van der Waals surface area contributed by atoms with Crippen LogP contribution in [0, 0.1) is 0 Å². The number of phenols is 1. The van der Waals surface area contributed by atoms with E-state index < -0.39 is 12.1 Å². The van der Waals surface area contributed by atoms with Crippen LogP contribution in [-0.4, -0.2) is 48.8 Å². The minimum absolute atomic E-state index is 0.0942. The van der Waals surface area contributed by atoms with Crippen molar-refractivity contribution in [1.82, 2.24) is 0 Å². The number of aromatic hydroxyl groups is 1. The molecule has 21 heavy (non-hydrogen) atoms. The maximum absolute atomic E-state index is 11.8. The number of ether oxygens (including phenoxy) is 3. The van der Waals surface area contributed by atoms with Crippen molar-refractivity contribution in [3.63, 3.8) is 0 Å². The van der Waals surface area contributed by atoms with E-state index in [9.17, 15) is 15.0 Å². The van der Waals surface area contributed by atoms with E-state index in [4.69, 9.17) is 14.2 Å². The first-order valence-corrected chi connectivity index (χ1v) is 6.80. The van der Waals surface area contributed by atoms with Gasteiger partial charge >= 0.3 is 5.97 Å². The minimum atomic E-state index is -0.541. The molecule has 0 aliphatic carbocycles. The fraction of sp³-hybridized carbons (Fsp3) is 0.500. The molecule has 1 unspecified atom stereocenters. The Morgan fingerprint density at radius 2 is 2.14 bits per heavy atom. The molecule has 2 aliphatic rings. The van der Waals surface area contributed by atoms with E-state index in [2.05, 4.69) is 0 Å². The number of carbonyl (C=O) groups excluding carboxylic acids is 1. The molecule has 1 saturated heterocycles. The first-order chi connectivity index (χ1) is 10.1. The molecule has 0 aromatic heterocycles. The molecule has 1 fully saturated rings. The summed E-state index contributed by atoms with van der Waals surface area (Å²) in [6.45, 7) is 0.977. The summed E-state index contributed by atoms with van der Waals surface area (Å²) in [5.74, 6) is 0.840. The Kier molecular flexibility index (Phi) is 3.60. The smallest absolute Gasteiger partial charge is 0.364 e. The van der Waals surface area contributed by atoms with E-state index in [1.165, 1.54) is 13.2 Å². The molecular formula is C14H18NO6+. The highest BCUT2D eigenvalue weighted by Crippen LogP contribution is 2.37. The largest absolute Gasteiger partial charge is 0.507 e. The maximum Gasteiger partial charge on any atom is 0.364 e. The average Bonchev–Trinajstić information content (AvgIpc) is 3.04. The van der Waals surface area contributed by atoms with Crippen LogP contribution >= 0.6 is 0 Å². The number of nitrogens with one attached hydrogen (secondary N) is 1. The van der Waals surface area contributed by atoms with Crippen LogP contribution in [0.25, 0.3) is 0 Å². The Balaban J connectivity index is 1.81. The van der Waals surface area contributed by atoms with Gasteiger partial charge in [0.2, 0.25) is 6.79 Å². The highest BCUT2D eigenvalue weighted by molar-refractivity contribution is 5.74. The Bertz CT molecular complexity index is 561. The van der Waals surface area contributed by atoms with Crippen LogP contribution in [0.5, 0.6) is 17.2 Å². The lowest BCUT2D eigenvalue weighted by Crippen LogP contribution is -3.13. The number of carbonyl (C=O) groups is 1. The number of esters is 1. The second-order valence-electron chi connectivity index (χ2n) is 5.34. The van der Waals surface area contributed by atoms with E-state index in [0.29, 0.717) is 36.6 Å². The third-order valence-corrected chi connectivity index (χ3v) is 3.98. The molecule has 114 valence electrons. The van der Waals surface area contributed by atoms with Gasteiger partial charge in [-0.15, -0.1) is 0 Å². The van der Waals surface area contributed by atoms with Gasteiger partial charge in [-0.25, -0.2) is 4.79 Å². The van der Waals surface area contributed by atoms with Gasteiger partial charge in [0.1, 0.15) is 24.9 Å². The van der Waals surface area contributed by atoms with Crippen LogP contribution in [0.15, 0.2) is 12.1 Å². The van der Waals surface area contributed by atoms with Gasteiger partial charge in [0.15, 0.2) is 17.5 Å². The molecule has 0 amide bonds. The van der Waals surface area contributed by atoms with Gasteiger partial charge in [-0.05, 0) is 6.07 Å². The molecule has 3 atom stereocenters. The normalized spacial score (nSPS) is 26.9. The van der Waals surface area contributed by atoms with Crippen LogP contribution in [0.2, 0.25) is 0 Å². The van der Waals surface area contributed by atoms with Crippen LogP contribution < -0.4 is 14.4 Å². The second kappa shape index (κ2) is 5.42. The number of quaternary nitrogens is 1. The third-order valence-electron chi connectivity index (χ3n) is 3.98. The fourth-order valence-corrected chi connectivity index (χ4v) is 2.93. The van der Waals surface area contributed by atoms with Crippen molar-refractivity contribution >= 4 is 5.97 Å². The highest BCUT2D eigenvalue weighted by atomic mass is 16.7. The molecule has 1 aromatic carbocycles. The van der Waals surface area contributed by atoms with Gasteiger partial charge in [0, 0.05) is 12.5 Å². The van der Waals surface area contributed by atoms with E-state index in [-0.39, 0.29) is 18.5 Å². The Labute approximate surface area is 121 Å². The number of hydrogen-bond acceptors (Lipinski definition) is 6. The standard InChI is InChI=1S/C14H17NO6/c1-19-14(18)10-3-9(16)6-15(10)5-8-2-12-13(4-11(8)17)21-7-20-12/h2,4,9-10,16-17H,3,5-7H2,1H3/p+1/t9-,10-/m0/s1. The van der Waals surface area contributed by atoms with Crippen molar-refractivity contribution in [2.75, 3.05) is 20.4 Å². The number of aliphatic hydroxyl groups excluding tert-OH is 1. The lowest BCUT2D eigenvalue weighted by molar-refractivity contribution is -0.918. The van der Waals surface area contributed by atoms with Crippen LogP contribution in [0.3, 0.4) is 0 Å². The van der Waals surface area contributed by atoms with Gasteiger partial charge in [-0.2, -0.15) is 0 Å². The molecule has 0 radical (unpaired) electrons. The lowest BCUT2D eigenvalue weighted by Gasteiger charge is -2.19. The summed E-state index contributed by atoms with van der Waals surface area (Å²) in [7, 11) is 1.34. The van der Waals surface area contributed by atoms with Crippen molar-refractivity contribution in [3.8, 4) is 17.2 Å². The SMILES string of the molecule is COC(=O)[C@@H]1C[C@H](O)C[NH+]1Cc1cc2c(cc1O)OCO2. The zero-order valence-corrected chi connectivity index (χ0v) is 11.7. The third kappa shape index (κ3) is 2.62. The molecule has 3 N–H and O–H groups in total. The van der Waals surface area contributed by atoms with Crippen LogP contribution in [0.1, 0.15) is 12.0 Å². The van der Waals surface area contributed by atoms with Gasteiger partial charge in [-0.1, -0.05) is 0 Å². The fourth-order valence-electron chi connectivity index (χ4n) is 2.93. The Morgan fingerprint density at radius 3 is 2.86 bits per heavy atom.